The number of ketones is 1. The van der Waals surface area contributed by atoms with Gasteiger partial charge in [0.2, 0.25) is 0 Å². The van der Waals surface area contributed by atoms with E-state index in [0.717, 1.165) is 0 Å². The molecular weight excluding hydrogens is 379 g/mol. The predicted octanol–water partition coefficient (Wildman–Crippen LogP) is 3.95. The van der Waals surface area contributed by atoms with Gasteiger partial charge in [-0.15, -0.1) is 0 Å². The highest BCUT2D eigenvalue weighted by Gasteiger charge is 2.36. The minimum Gasteiger partial charge on any atom is -0.496 e. The Labute approximate surface area is 167 Å². The Balaban J connectivity index is 0.00000190. The van der Waals surface area contributed by atoms with Gasteiger partial charge in [-0.1, -0.05) is 36.4 Å². The number of methoxy groups -OCH3 is 2. The van der Waals surface area contributed by atoms with Gasteiger partial charge in [-0.3, -0.25) is 9.59 Å². The van der Waals surface area contributed by atoms with Crippen molar-refractivity contribution in [3.05, 3.63) is 59.7 Å². The van der Waals surface area contributed by atoms with Gasteiger partial charge >= 0.3 is 5.97 Å². The van der Waals surface area contributed by atoms with Crippen LogP contribution in [0.4, 0.5) is 0 Å². The normalized spacial score (nSPS) is 11.6. The smallest absolute Gasteiger partial charge is 0.321 e. The van der Waals surface area contributed by atoms with Gasteiger partial charge in [-0.2, -0.15) is 0 Å². The van der Waals surface area contributed by atoms with Gasteiger partial charge in [0.15, 0.2) is 5.78 Å². The van der Waals surface area contributed by atoms with E-state index in [2.05, 4.69) is 0 Å². The van der Waals surface area contributed by atoms with E-state index in [-0.39, 0.29) is 5.56 Å². The lowest BCUT2D eigenvalue weighted by Gasteiger charge is -2.24. The third-order valence-electron chi connectivity index (χ3n) is 3.71. The van der Waals surface area contributed by atoms with Crippen LogP contribution >= 0.6 is 9.12 Å². The highest BCUT2D eigenvalue weighted by Crippen LogP contribution is 2.34. The fourth-order valence-corrected chi connectivity index (χ4v) is 2.64. The molecule has 0 saturated carbocycles. The van der Waals surface area contributed by atoms with Crippen molar-refractivity contribution in [2.45, 2.75) is 32.3 Å². The van der Waals surface area contributed by atoms with Crippen molar-refractivity contribution in [2.24, 2.45) is 0 Å². The molecule has 0 aliphatic heterocycles. The molecule has 6 nitrogen and oxygen atoms in total. The molecule has 0 amide bonds. The first-order chi connectivity index (χ1) is 13.3. The molecule has 28 heavy (non-hydrogen) atoms. The number of esters is 1. The maximum atomic E-state index is 13.4. The molecule has 2 unspecified atom stereocenters. The number of carbonyl (C=O) groups is 2. The second-order valence-electron chi connectivity index (χ2n) is 6.78. The minimum atomic E-state index is -1.11. The summed E-state index contributed by atoms with van der Waals surface area (Å²) < 4.78 is 24.4. The molecule has 2 aromatic carbocycles. The lowest BCUT2D eigenvalue weighted by atomic mass is 9.89. The maximum absolute atomic E-state index is 13.4. The first-order valence-corrected chi connectivity index (χ1v) is 9.18. The van der Waals surface area contributed by atoms with Crippen LogP contribution in [0.1, 0.15) is 42.6 Å². The minimum absolute atomic E-state index is 0.220. The number of rotatable bonds is 6. The van der Waals surface area contributed by atoms with E-state index >= 15 is 0 Å². The quantitative estimate of drug-likeness (QED) is 0.313. The van der Waals surface area contributed by atoms with Crippen molar-refractivity contribution in [3.8, 4) is 11.5 Å². The van der Waals surface area contributed by atoms with E-state index in [4.69, 9.17) is 18.8 Å². The van der Waals surface area contributed by atoms with Gasteiger partial charge in [0, 0.05) is 0 Å². The Morgan fingerprint density at radius 1 is 0.857 bits per heavy atom. The summed E-state index contributed by atoms with van der Waals surface area (Å²) >= 11 is 0. The second kappa shape index (κ2) is 10.7. The average molecular weight is 406 g/mol. The number of Topliss-reactive ketones (excluding diaryl/α,β-unsaturated/α-hetero) is 1. The van der Waals surface area contributed by atoms with Gasteiger partial charge in [0.25, 0.3) is 0 Å². The summed E-state index contributed by atoms with van der Waals surface area (Å²) in [5.74, 6) is -1.46. The van der Waals surface area contributed by atoms with E-state index in [1.54, 1.807) is 63.2 Å². The van der Waals surface area contributed by atoms with Crippen LogP contribution in [-0.2, 0) is 14.1 Å². The summed E-state index contributed by atoms with van der Waals surface area (Å²) in [4.78, 5) is 26.2. The SMILES string of the molecule is COc1cccc(OC)c1C(=O)C(C(=O)OC(C)(C)C)c1ccccc1.O=[PH3]. The number of ether oxygens (including phenoxy) is 3. The van der Waals surface area contributed by atoms with Crippen molar-refractivity contribution < 1.29 is 28.4 Å². The van der Waals surface area contributed by atoms with Crippen LogP contribution < -0.4 is 9.47 Å². The molecular formula is C21H27O6P. The van der Waals surface area contributed by atoms with Gasteiger partial charge in [-0.05, 0) is 38.5 Å². The standard InChI is InChI=1S/C21H24O5.H3OP/c1-21(2,3)26-20(23)17(14-10-7-6-8-11-14)19(22)18-15(24-4)12-9-13-16(18)25-5;1-2/h6-13,17H,1-5H3;2H3. The molecule has 0 N–H and O–H groups in total. The van der Waals surface area contributed by atoms with Crippen LogP contribution in [-0.4, -0.2) is 31.6 Å². The largest absolute Gasteiger partial charge is 0.496 e. The molecule has 152 valence electrons. The number of carbonyl (C=O) groups excluding carboxylic acids is 2. The third kappa shape index (κ3) is 5.96. The molecule has 2 aromatic rings. The lowest BCUT2D eigenvalue weighted by Crippen LogP contribution is -2.31. The maximum Gasteiger partial charge on any atom is 0.321 e. The first-order valence-electron chi connectivity index (χ1n) is 8.60. The van der Waals surface area contributed by atoms with Crippen LogP contribution in [0, 0.1) is 0 Å². The Bertz CT molecular complexity index is 776. The van der Waals surface area contributed by atoms with Gasteiger partial charge in [-0.25, -0.2) is 0 Å². The summed E-state index contributed by atoms with van der Waals surface area (Å²) in [6.07, 6.45) is 0. The molecule has 0 fully saturated rings. The molecule has 0 aliphatic rings. The molecule has 7 heteroatoms. The molecule has 0 aromatic heterocycles. The van der Waals surface area contributed by atoms with E-state index in [1.165, 1.54) is 14.2 Å². The second-order valence-corrected chi connectivity index (χ2v) is 6.78. The van der Waals surface area contributed by atoms with Crippen molar-refractivity contribution in [3.63, 3.8) is 0 Å². The van der Waals surface area contributed by atoms with Crippen LogP contribution in [0.25, 0.3) is 0 Å². The fourth-order valence-electron chi connectivity index (χ4n) is 2.64. The summed E-state index contributed by atoms with van der Waals surface area (Å²) in [6, 6.07) is 13.9. The Morgan fingerprint density at radius 3 is 1.79 bits per heavy atom. The number of hydrogen-bond acceptors (Lipinski definition) is 6. The molecule has 0 aliphatic carbocycles. The first kappa shape index (κ1) is 23.4. The molecule has 0 saturated heterocycles. The average Bonchev–Trinajstić information content (AvgIpc) is 2.68. The van der Waals surface area contributed by atoms with E-state index in [9.17, 15) is 9.59 Å². The molecule has 0 radical (unpaired) electrons. The van der Waals surface area contributed by atoms with Crippen molar-refractivity contribution in [2.75, 3.05) is 14.2 Å². The Kier molecular flexibility index (Phi) is 8.93. The van der Waals surface area contributed by atoms with Crippen LogP contribution in [0.5, 0.6) is 11.5 Å². The predicted molar refractivity (Wildman–Crippen MR) is 111 cm³/mol. The third-order valence-corrected chi connectivity index (χ3v) is 3.71. The van der Waals surface area contributed by atoms with E-state index < -0.39 is 23.3 Å². The molecule has 2 atom stereocenters. The van der Waals surface area contributed by atoms with Crippen LogP contribution in [0.2, 0.25) is 0 Å². The Hall–Kier alpha value is -2.59. The number of hydrogen-bond donors (Lipinski definition) is 0. The van der Waals surface area contributed by atoms with Crippen LogP contribution in [0.3, 0.4) is 0 Å². The summed E-state index contributed by atoms with van der Waals surface area (Å²) in [5, 5.41) is 0. The highest BCUT2D eigenvalue weighted by atomic mass is 31.0. The molecule has 0 bridgehead atoms. The zero-order valence-corrected chi connectivity index (χ0v) is 18.3. The Morgan fingerprint density at radius 2 is 1.36 bits per heavy atom. The fraction of sp³-hybridized carbons (Fsp3) is 0.333. The number of benzene rings is 2. The van der Waals surface area contributed by atoms with Gasteiger partial charge in [0.1, 0.15) is 28.6 Å². The van der Waals surface area contributed by atoms with Crippen LogP contribution in [0.15, 0.2) is 48.5 Å². The highest BCUT2D eigenvalue weighted by molar-refractivity contribution is 7.00. The lowest BCUT2D eigenvalue weighted by molar-refractivity contribution is -0.155. The summed E-state index contributed by atoms with van der Waals surface area (Å²) in [6.45, 7) is 5.29. The molecule has 0 heterocycles. The topological polar surface area (TPSA) is 78.9 Å². The zero-order valence-electron chi connectivity index (χ0n) is 16.9. The molecule has 0 spiro atoms. The summed E-state index contributed by atoms with van der Waals surface area (Å²) in [5.41, 5.74) is 0.0619. The van der Waals surface area contributed by atoms with Crippen molar-refractivity contribution >= 4 is 20.9 Å². The van der Waals surface area contributed by atoms with Crippen molar-refractivity contribution in [1.29, 1.82) is 0 Å². The van der Waals surface area contributed by atoms with Crippen molar-refractivity contribution in [1.82, 2.24) is 0 Å². The van der Waals surface area contributed by atoms with Gasteiger partial charge in [0.05, 0.1) is 23.3 Å². The summed E-state index contributed by atoms with van der Waals surface area (Å²) in [7, 11) is 3.55. The van der Waals surface area contributed by atoms with E-state index in [1.807, 2.05) is 6.07 Å². The van der Waals surface area contributed by atoms with Gasteiger partial charge < -0.3 is 18.8 Å². The zero-order chi connectivity index (χ0) is 21.3. The molecule has 2 rings (SSSR count). The van der Waals surface area contributed by atoms with E-state index in [0.29, 0.717) is 26.2 Å². The monoisotopic (exact) mass is 406 g/mol.